The van der Waals surface area contributed by atoms with Gasteiger partial charge in [0.2, 0.25) is 5.95 Å². The Bertz CT molecular complexity index is 716. The number of carbonyl (C=O) groups is 1. The Labute approximate surface area is 108 Å². The number of imidazole rings is 1. The number of para-hydroxylation sites is 2. The summed E-state index contributed by atoms with van der Waals surface area (Å²) in [4.78, 5) is 27.3. The lowest BCUT2D eigenvalue weighted by Crippen LogP contribution is -2.15. The summed E-state index contributed by atoms with van der Waals surface area (Å²) in [5.41, 5.74) is 2.35. The van der Waals surface area contributed by atoms with Gasteiger partial charge in [-0.05, 0) is 25.1 Å². The van der Waals surface area contributed by atoms with Gasteiger partial charge in [0.05, 0.1) is 11.0 Å². The molecule has 0 bridgehead atoms. The Kier molecular flexibility index (Phi) is 2.68. The highest BCUT2D eigenvalue weighted by molar-refractivity contribution is 6.02. The smallest absolute Gasteiger partial charge is 0.293 e. The molecule has 0 aliphatic rings. The van der Waals surface area contributed by atoms with Gasteiger partial charge in [0, 0.05) is 11.9 Å². The average Bonchev–Trinajstić information content (AvgIpc) is 2.82. The SMILES string of the molecule is Cc1ccnc(NC(=O)c2nc3ccccc3[nH]2)n1. The number of nitrogens with zero attached hydrogens (tertiary/aromatic N) is 3. The molecule has 0 aliphatic heterocycles. The Morgan fingerprint density at radius 1 is 1.21 bits per heavy atom. The van der Waals surface area contributed by atoms with Gasteiger partial charge in [0.15, 0.2) is 5.82 Å². The Morgan fingerprint density at radius 3 is 2.84 bits per heavy atom. The fourth-order valence-corrected chi connectivity index (χ4v) is 1.73. The summed E-state index contributed by atoms with van der Waals surface area (Å²) in [6.45, 7) is 1.83. The third-order valence-electron chi connectivity index (χ3n) is 2.62. The van der Waals surface area contributed by atoms with Gasteiger partial charge in [-0.2, -0.15) is 0 Å². The normalized spacial score (nSPS) is 10.6. The van der Waals surface area contributed by atoms with E-state index in [1.54, 1.807) is 12.3 Å². The first-order valence-corrected chi connectivity index (χ1v) is 5.78. The van der Waals surface area contributed by atoms with Crippen molar-refractivity contribution in [3.05, 3.63) is 48.0 Å². The fourth-order valence-electron chi connectivity index (χ4n) is 1.73. The van der Waals surface area contributed by atoms with Gasteiger partial charge in [-0.25, -0.2) is 15.0 Å². The van der Waals surface area contributed by atoms with Crippen LogP contribution in [0.15, 0.2) is 36.5 Å². The number of rotatable bonds is 2. The molecule has 0 unspecified atom stereocenters. The summed E-state index contributed by atoms with van der Waals surface area (Å²) >= 11 is 0. The molecular formula is C13H11N5O. The van der Waals surface area contributed by atoms with Crippen molar-refractivity contribution in [2.75, 3.05) is 5.32 Å². The topological polar surface area (TPSA) is 83.6 Å². The molecule has 0 spiro atoms. The van der Waals surface area contributed by atoms with Crippen molar-refractivity contribution in [3.8, 4) is 0 Å². The van der Waals surface area contributed by atoms with Crippen LogP contribution < -0.4 is 5.32 Å². The van der Waals surface area contributed by atoms with Gasteiger partial charge in [-0.15, -0.1) is 0 Å². The van der Waals surface area contributed by atoms with Gasteiger partial charge in [-0.3, -0.25) is 10.1 Å². The Balaban J connectivity index is 1.87. The molecule has 3 rings (SSSR count). The van der Waals surface area contributed by atoms with E-state index in [9.17, 15) is 4.79 Å². The average molecular weight is 253 g/mol. The van der Waals surface area contributed by atoms with E-state index in [0.717, 1.165) is 16.7 Å². The predicted octanol–water partition coefficient (Wildman–Crippen LogP) is 1.91. The first-order valence-electron chi connectivity index (χ1n) is 5.78. The van der Waals surface area contributed by atoms with Crippen LogP contribution in [-0.2, 0) is 0 Å². The Hall–Kier alpha value is -2.76. The van der Waals surface area contributed by atoms with Crippen molar-refractivity contribution in [3.63, 3.8) is 0 Å². The molecule has 94 valence electrons. The number of anilines is 1. The number of benzene rings is 1. The third kappa shape index (κ3) is 2.28. The van der Waals surface area contributed by atoms with E-state index in [4.69, 9.17) is 0 Å². The van der Waals surface area contributed by atoms with Crippen molar-refractivity contribution in [1.82, 2.24) is 19.9 Å². The lowest BCUT2D eigenvalue weighted by atomic mass is 10.3. The number of carbonyl (C=O) groups excluding carboxylic acids is 1. The van der Waals surface area contributed by atoms with Gasteiger partial charge >= 0.3 is 0 Å². The molecule has 2 heterocycles. The van der Waals surface area contributed by atoms with E-state index in [0.29, 0.717) is 0 Å². The summed E-state index contributed by atoms with van der Waals surface area (Å²) in [5.74, 6) is 0.151. The monoisotopic (exact) mass is 253 g/mol. The van der Waals surface area contributed by atoms with Gasteiger partial charge < -0.3 is 4.98 Å². The van der Waals surface area contributed by atoms with Crippen molar-refractivity contribution in [1.29, 1.82) is 0 Å². The minimum Gasteiger partial charge on any atom is -0.334 e. The molecule has 3 aromatic rings. The molecule has 0 aliphatic carbocycles. The first kappa shape index (κ1) is 11.3. The van der Waals surface area contributed by atoms with Crippen molar-refractivity contribution >= 4 is 22.9 Å². The van der Waals surface area contributed by atoms with Crippen LogP contribution in [0.2, 0.25) is 0 Å². The van der Waals surface area contributed by atoms with E-state index >= 15 is 0 Å². The molecular weight excluding hydrogens is 242 g/mol. The summed E-state index contributed by atoms with van der Waals surface area (Å²) in [6, 6.07) is 9.21. The van der Waals surface area contributed by atoms with Crippen LogP contribution in [-0.4, -0.2) is 25.8 Å². The van der Waals surface area contributed by atoms with Crippen LogP contribution in [0, 0.1) is 6.92 Å². The van der Waals surface area contributed by atoms with E-state index in [1.165, 1.54) is 0 Å². The molecule has 1 amide bonds. The second kappa shape index (κ2) is 4.49. The van der Waals surface area contributed by atoms with Crippen LogP contribution in [0.25, 0.3) is 11.0 Å². The predicted molar refractivity (Wildman–Crippen MR) is 70.8 cm³/mol. The number of hydrogen-bond donors (Lipinski definition) is 2. The van der Waals surface area contributed by atoms with Crippen molar-refractivity contribution in [2.45, 2.75) is 6.92 Å². The van der Waals surface area contributed by atoms with Crippen molar-refractivity contribution < 1.29 is 4.79 Å². The molecule has 2 N–H and O–H groups in total. The minimum atomic E-state index is -0.359. The van der Waals surface area contributed by atoms with E-state index in [1.807, 2.05) is 31.2 Å². The molecule has 0 radical (unpaired) electrons. The summed E-state index contributed by atoms with van der Waals surface area (Å²) < 4.78 is 0. The molecule has 0 saturated heterocycles. The van der Waals surface area contributed by atoms with E-state index < -0.39 is 0 Å². The van der Waals surface area contributed by atoms with Gasteiger partial charge in [0.1, 0.15) is 0 Å². The highest BCUT2D eigenvalue weighted by Crippen LogP contribution is 2.11. The van der Waals surface area contributed by atoms with Crippen LogP contribution in [0.1, 0.15) is 16.3 Å². The van der Waals surface area contributed by atoms with Crippen LogP contribution >= 0.6 is 0 Å². The minimum absolute atomic E-state index is 0.242. The van der Waals surface area contributed by atoms with Crippen LogP contribution in [0.3, 0.4) is 0 Å². The number of hydrogen-bond acceptors (Lipinski definition) is 4. The largest absolute Gasteiger partial charge is 0.334 e. The number of fused-ring (bicyclic) bond motifs is 1. The standard InChI is InChI=1S/C13H11N5O/c1-8-6-7-14-13(15-8)18-12(19)11-16-9-4-2-3-5-10(9)17-11/h2-7H,1H3,(H,16,17)(H,14,15,18,19). The second-order valence-corrected chi connectivity index (χ2v) is 4.08. The highest BCUT2D eigenvalue weighted by atomic mass is 16.2. The zero-order chi connectivity index (χ0) is 13.2. The maximum atomic E-state index is 12.0. The maximum Gasteiger partial charge on any atom is 0.293 e. The number of amides is 1. The second-order valence-electron chi connectivity index (χ2n) is 4.08. The molecule has 2 aromatic heterocycles. The summed E-state index contributed by atoms with van der Waals surface area (Å²) in [5, 5.41) is 2.61. The summed E-state index contributed by atoms with van der Waals surface area (Å²) in [7, 11) is 0. The van der Waals surface area contributed by atoms with Crippen molar-refractivity contribution in [2.24, 2.45) is 0 Å². The highest BCUT2D eigenvalue weighted by Gasteiger charge is 2.12. The lowest BCUT2D eigenvalue weighted by Gasteiger charge is -2.01. The molecule has 0 atom stereocenters. The van der Waals surface area contributed by atoms with Crippen LogP contribution in [0.5, 0.6) is 0 Å². The Morgan fingerprint density at radius 2 is 2.05 bits per heavy atom. The first-order chi connectivity index (χ1) is 9.22. The number of nitrogens with one attached hydrogen (secondary N) is 2. The number of aromatic amines is 1. The maximum absolute atomic E-state index is 12.0. The van der Waals surface area contributed by atoms with Gasteiger partial charge in [-0.1, -0.05) is 12.1 Å². The lowest BCUT2D eigenvalue weighted by molar-refractivity contribution is 0.101. The van der Waals surface area contributed by atoms with E-state index in [-0.39, 0.29) is 17.7 Å². The zero-order valence-electron chi connectivity index (χ0n) is 10.2. The quantitative estimate of drug-likeness (QED) is 0.730. The molecule has 19 heavy (non-hydrogen) atoms. The molecule has 6 nitrogen and oxygen atoms in total. The van der Waals surface area contributed by atoms with E-state index in [2.05, 4.69) is 25.3 Å². The van der Waals surface area contributed by atoms with Gasteiger partial charge in [0.25, 0.3) is 5.91 Å². The number of aryl methyl sites for hydroxylation is 1. The fraction of sp³-hybridized carbons (Fsp3) is 0.0769. The molecule has 6 heteroatoms. The molecule has 0 saturated carbocycles. The third-order valence-corrected chi connectivity index (χ3v) is 2.62. The number of H-pyrrole nitrogens is 1. The molecule has 1 aromatic carbocycles. The molecule has 0 fully saturated rings. The van der Waals surface area contributed by atoms with Crippen LogP contribution in [0.4, 0.5) is 5.95 Å². The zero-order valence-corrected chi connectivity index (χ0v) is 10.2. The summed E-state index contributed by atoms with van der Waals surface area (Å²) in [6.07, 6.45) is 1.59. The number of aromatic nitrogens is 4.